The maximum absolute atomic E-state index is 14.2. The molecular weight excluding hydrogens is 380 g/mol. The summed E-state index contributed by atoms with van der Waals surface area (Å²) in [4.78, 5) is 19.1. The lowest BCUT2D eigenvalue weighted by Gasteiger charge is -2.19. The zero-order valence-corrected chi connectivity index (χ0v) is 14.7. The van der Waals surface area contributed by atoms with E-state index in [-0.39, 0.29) is 22.6 Å². The van der Waals surface area contributed by atoms with Crippen LogP contribution in [0, 0.1) is 18.7 Å². The van der Waals surface area contributed by atoms with Crippen molar-refractivity contribution in [3.8, 4) is 0 Å². The maximum atomic E-state index is 14.2. The second-order valence-corrected chi connectivity index (χ2v) is 6.92. The summed E-state index contributed by atoms with van der Waals surface area (Å²) in [5.74, 6) is -1.01. The molecular formula is C18H16F4N4O2. The van der Waals surface area contributed by atoms with Crippen LogP contribution in [-0.4, -0.2) is 24.9 Å². The highest BCUT2D eigenvalue weighted by Crippen LogP contribution is 2.45. The van der Waals surface area contributed by atoms with E-state index >= 15 is 0 Å². The molecule has 148 valence electrons. The summed E-state index contributed by atoms with van der Waals surface area (Å²) in [6, 6.07) is 2.21. The molecule has 3 aromatic rings. The molecule has 4 rings (SSSR count). The summed E-state index contributed by atoms with van der Waals surface area (Å²) >= 11 is 0. The van der Waals surface area contributed by atoms with Crippen LogP contribution in [0.3, 0.4) is 0 Å². The van der Waals surface area contributed by atoms with E-state index in [1.54, 1.807) is 6.92 Å². The first-order valence-corrected chi connectivity index (χ1v) is 8.66. The molecule has 0 amide bonds. The molecule has 10 heteroatoms. The molecule has 2 N–H and O–H groups in total. The maximum Gasteiger partial charge on any atom is 0.419 e. The van der Waals surface area contributed by atoms with Gasteiger partial charge in [-0.05, 0) is 43.4 Å². The Morgan fingerprint density at radius 2 is 2.07 bits per heavy atom. The molecule has 0 bridgehead atoms. The van der Waals surface area contributed by atoms with Crippen LogP contribution in [0.4, 0.5) is 17.6 Å². The van der Waals surface area contributed by atoms with Gasteiger partial charge in [-0.25, -0.2) is 14.1 Å². The number of H-pyrrole nitrogens is 1. The minimum atomic E-state index is -4.79. The van der Waals surface area contributed by atoms with Crippen molar-refractivity contribution >= 4 is 11.0 Å². The van der Waals surface area contributed by atoms with E-state index in [1.807, 2.05) is 0 Å². The van der Waals surface area contributed by atoms with Gasteiger partial charge in [0.05, 0.1) is 18.2 Å². The number of aliphatic hydroxyl groups is 1. The van der Waals surface area contributed by atoms with Gasteiger partial charge in [0.2, 0.25) is 0 Å². The van der Waals surface area contributed by atoms with E-state index in [9.17, 15) is 27.5 Å². The number of aliphatic hydroxyl groups excluding tert-OH is 1. The zero-order valence-electron chi connectivity index (χ0n) is 14.7. The van der Waals surface area contributed by atoms with E-state index in [4.69, 9.17) is 0 Å². The van der Waals surface area contributed by atoms with Crippen LogP contribution in [0.5, 0.6) is 0 Å². The lowest BCUT2D eigenvalue weighted by molar-refractivity contribution is -0.140. The molecule has 1 fully saturated rings. The summed E-state index contributed by atoms with van der Waals surface area (Å²) in [6.45, 7) is 1.08. The number of fused-ring (bicyclic) bond motifs is 1. The Morgan fingerprint density at radius 1 is 1.36 bits per heavy atom. The predicted molar refractivity (Wildman–Crippen MR) is 91.1 cm³/mol. The second-order valence-electron chi connectivity index (χ2n) is 6.92. The molecule has 0 spiro atoms. The second kappa shape index (κ2) is 6.40. The van der Waals surface area contributed by atoms with Gasteiger partial charge in [-0.15, -0.1) is 0 Å². The van der Waals surface area contributed by atoms with E-state index in [0.29, 0.717) is 17.5 Å². The first-order chi connectivity index (χ1) is 13.2. The third-order valence-electron chi connectivity index (χ3n) is 4.87. The Kier molecular flexibility index (Phi) is 4.25. The van der Waals surface area contributed by atoms with Crippen molar-refractivity contribution in [1.82, 2.24) is 19.7 Å². The number of nitrogens with one attached hydrogen (secondary N) is 1. The highest BCUT2D eigenvalue weighted by atomic mass is 19.4. The number of hydrogen-bond acceptors (Lipinski definition) is 4. The van der Waals surface area contributed by atoms with Crippen molar-refractivity contribution in [2.75, 3.05) is 0 Å². The summed E-state index contributed by atoms with van der Waals surface area (Å²) < 4.78 is 54.2. The van der Waals surface area contributed by atoms with Crippen molar-refractivity contribution in [1.29, 1.82) is 0 Å². The molecule has 0 aliphatic heterocycles. The van der Waals surface area contributed by atoms with Crippen molar-refractivity contribution < 1.29 is 22.7 Å². The van der Waals surface area contributed by atoms with E-state index in [2.05, 4.69) is 15.1 Å². The lowest BCUT2D eigenvalue weighted by atomic mass is 10.0. The SMILES string of the molecule is Cc1nc2c(c(CO)nn2C(c2ccc(C(F)(F)F)c(F)c2)C2CC2)c(=O)[nH]1. The number of halogens is 4. The largest absolute Gasteiger partial charge is 0.419 e. The van der Waals surface area contributed by atoms with Gasteiger partial charge in [0.1, 0.15) is 22.7 Å². The standard InChI is InChI=1S/C18H16F4N4O2/c1-8-23-16-14(17(28)24-8)13(7-27)25-26(16)15(9-2-3-9)10-4-5-11(12(19)6-10)18(20,21)22/h4-6,9,15,27H,2-3,7H2,1H3,(H,23,24,28). The Morgan fingerprint density at radius 3 is 2.64 bits per heavy atom. The summed E-state index contributed by atoms with van der Waals surface area (Å²) in [5.41, 5.74) is -1.17. The fraction of sp³-hybridized carbons (Fsp3) is 0.389. The van der Waals surface area contributed by atoms with E-state index < -0.39 is 35.8 Å². The molecule has 0 radical (unpaired) electrons. The number of alkyl halides is 3. The predicted octanol–water partition coefficient (Wildman–Crippen LogP) is 3.08. The average molecular weight is 396 g/mol. The zero-order chi connectivity index (χ0) is 20.2. The van der Waals surface area contributed by atoms with Crippen LogP contribution in [0.1, 0.15) is 41.5 Å². The molecule has 1 aromatic carbocycles. The molecule has 2 aromatic heterocycles. The topological polar surface area (TPSA) is 83.8 Å². The number of aromatic nitrogens is 4. The molecule has 1 aliphatic carbocycles. The highest BCUT2D eigenvalue weighted by Gasteiger charge is 2.39. The van der Waals surface area contributed by atoms with Crippen LogP contribution < -0.4 is 5.56 Å². The Balaban J connectivity index is 1.91. The number of nitrogens with zero attached hydrogens (tertiary/aromatic N) is 3. The molecule has 1 saturated carbocycles. The molecule has 1 atom stereocenters. The van der Waals surface area contributed by atoms with Crippen LogP contribution in [-0.2, 0) is 12.8 Å². The average Bonchev–Trinajstić information content (AvgIpc) is 3.36. The number of aromatic amines is 1. The van der Waals surface area contributed by atoms with Gasteiger partial charge in [0.25, 0.3) is 5.56 Å². The third-order valence-corrected chi connectivity index (χ3v) is 4.87. The Bertz CT molecular complexity index is 1120. The number of aryl methyl sites for hydroxylation is 1. The van der Waals surface area contributed by atoms with Gasteiger partial charge < -0.3 is 10.1 Å². The molecule has 1 unspecified atom stereocenters. The summed E-state index contributed by atoms with van der Waals surface area (Å²) in [6.07, 6.45) is -3.22. The number of hydrogen-bond donors (Lipinski definition) is 2. The highest BCUT2D eigenvalue weighted by molar-refractivity contribution is 5.77. The van der Waals surface area contributed by atoms with Gasteiger partial charge >= 0.3 is 6.18 Å². The van der Waals surface area contributed by atoms with Crippen LogP contribution >= 0.6 is 0 Å². The van der Waals surface area contributed by atoms with Crippen molar-refractivity contribution in [3.63, 3.8) is 0 Å². The van der Waals surface area contributed by atoms with Gasteiger partial charge in [-0.1, -0.05) is 6.07 Å². The van der Waals surface area contributed by atoms with Gasteiger partial charge in [-0.3, -0.25) is 4.79 Å². The fourth-order valence-electron chi connectivity index (χ4n) is 3.50. The summed E-state index contributed by atoms with van der Waals surface area (Å²) in [5, 5.41) is 14.0. The first kappa shape index (κ1) is 18.6. The molecule has 28 heavy (non-hydrogen) atoms. The molecule has 6 nitrogen and oxygen atoms in total. The van der Waals surface area contributed by atoms with Gasteiger partial charge in [0, 0.05) is 0 Å². The van der Waals surface area contributed by atoms with Crippen molar-refractivity contribution in [2.24, 2.45) is 5.92 Å². The van der Waals surface area contributed by atoms with Crippen molar-refractivity contribution in [2.45, 2.75) is 38.6 Å². The number of rotatable bonds is 4. The van der Waals surface area contributed by atoms with E-state index in [1.165, 1.54) is 10.7 Å². The Hall–Kier alpha value is -2.75. The minimum absolute atomic E-state index is 0.0205. The lowest BCUT2D eigenvalue weighted by Crippen LogP contribution is -2.18. The van der Waals surface area contributed by atoms with Crippen LogP contribution in [0.2, 0.25) is 0 Å². The minimum Gasteiger partial charge on any atom is -0.390 e. The monoisotopic (exact) mass is 396 g/mol. The molecule has 0 saturated heterocycles. The van der Waals surface area contributed by atoms with Crippen LogP contribution in [0.15, 0.2) is 23.0 Å². The van der Waals surface area contributed by atoms with Crippen LogP contribution in [0.25, 0.3) is 11.0 Å². The smallest absolute Gasteiger partial charge is 0.390 e. The van der Waals surface area contributed by atoms with Gasteiger partial charge in [0.15, 0.2) is 5.65 Å². The number of benzene rings is 1. The summed E-state index contributed by atoms with van der Waals surface area (Å²) in [7, 11) is 0. The quantitative estimate of drug-likeness (QED) is 0.664. The van der Waals surface area contributed by atoms with Crippen molar-refractivity contribution in [3.05, 3.63) is 57.0 Å². The third kappa shape index (κ3) is 3.07. The Labute approximate surface area is 155 Å². The van der Waals surface area contributed by atoms with Gasteiger partial charge in [-0.2, -0.15) is 18.3 Å². The van der Waals surface area contributed by atoms with E-state index in [0.717, 1.165) is 18.9 Å². The first-order valence-electron chi connectivity index (χ1n) is 8.66. The normalized spacial score (nSPS) is 15.9. The molecule has 1 aliphatic rings. The molecule has 2 heterocycles. The fourth-order valence-corrected chi connectivity index (χ4v) is 3.50.